The van der Waals surface area contributed by atoms with E-state index in [0.717, 1.165) is 18.6 Å². The maximum Gasteiger partial charge on any atom is 0.137 e. The van der Waals surface area contributed by atoms with E-state index in [9.17, 15) is 0 Å². The molecule has 18 heavy (non-hydrogen) atoms. The summed E-state index contributed by atoms with van der Waals surface area (Å²) < 4.78 is 2.15. The molecule has 0 radical (unpaired) electrons. The second-order valence-corrected chi connectivity index (χ2v) is 5.49. The average Bonchev–Trinajstić information content (AvgIpc) is 2.72. The van der Waals surface area contributed by atoms with Crippen molar-refractivity contribution in [2.24, 2.45) is 0 Å². The van der Waals surface area contributed by atoms with E-state index in [1.54, 1.807) is 0 Å². The Morgan fingerprint density at radius 1 is 1.28 bits per heavy atom. The molecule has 1 unspecified atom stereocenters. The zero-order valence-corrected chi connectivity index (χ0v) is 11.2. The van der Waals surface area contributed by atoms with Gasteiger partial charge >= 0.3 is 0 Å². The van der Waals surface area contributed by atoms with Crippen LogP contribution in [0.5, 0.6) is 0 Å². The maximum atomic E-state index is 4.73. The molecule has 3 nitrogen and oxygen atoms in total. The van der Waals surface area contributed by atoms with Crippen molar-refractivity contribution in [3.63, 3.8) is 0 Å². The number of rotatable bonds is 2. The van der Waals surface area contributed by atoms with E-state index in [1.807, 2.05) is 0 Å². The minimum absolute atomic E-state index is 0.617. The summed E-state index contributed by atoms with van der Waals surface area (Å²) in [5.74, 6) is 0. The Morgan fingerprint density at radius 2 is 2.17 bits per heavy atom. The van der Waals surface area contributed by atoms with Crippen molar-refractivity contribution in [2.45, 2.75) is 45.6 Å². The maximum absolute atomic E-state index is 4.73. The molecule has 1 aliphatic heterocycles. The highest BCUT2D eigenvalue weighted by molar-refractivity contribution is 5.45. The van der Waals surface area contributed by atoms with Gasteiger partial charge in [0.25, 0.3) is 0 Å². The average molecular weight is 243 g/mol. The highest BCUT2D eigenvalue weighted by Gasteiger charge is 2.14. The molecule has 3 heterocycles. The predicted octanol–water partition coefficient (Wildman–Crippen LogP) is 2.64. The van der Waals surface area contributed by atoms with Gasteiger partial charge in [0.05, 0.1) is 5.69 Å². The number of aromatic nitrogens is 2. The van der Waals surface area contributed by atoms with Crippen LogP contribution in [0.2, 0.25) is 0 Å². The summed E-state index contributed by atoms with van der Waals surface area (Å²) in [7, 11) is 0. The Kier molecular flexibility index (Phi) is 3.08. The van der Waals surface area contributed by atoms with E-state index in [1.165, 1.54) is 36.1 Å². The number of hydrogen-bond acceptors (Lipinski definition) is 2. The lowest BCUT2D eigenvalue weighted by Gasteiger charge is -2.22. The van der Waals surface area contributed by atoms with Crippen LogP contribution in [-0.2, 0) is 6.42 Å². The zero-order chi connectivity index (χ0) is 12.5. The van der Waals surface area contributed by atoms with E-state index in [-0.39, 0.29) is 0 Å². The minimum Gasteiger partial charge on any atom is -0.314 e. The fourth-order valence-corrected chi connectivity index (χ4v) is 2.74. The summed E-state index contributed by atoms with van der Waals surface area (Å²) in [6.07, 6.45) is 9.36. The number of piperidine rings is 1. The Labute approximate surface area is 108 Å². The topological polar surface area (TPSA) is 29.3 Å². The molecule has 0 aliphatic carbocycles. The Hall–Kier alpha value is -1.35. The molecule has 0 spiro atoms. The number of aryl methyl sites for hydroxylation is 2. The van der Waals surface area contributed by atoms with Crippen LogP contribution in [0.15, 0.2) is 18.5 Å². The number of pyridine rings is 1. The van der Waals surface area contributed by atoms with Crippen molar-refractivity contribution in [2.75, 3.05) is 6.54 Å². The van der Waals surface area contributed by atoms with Gasteiger partial charge in [-0.1, -0.05) is 6.42 Å². The molecule has 0 saturated carbocycles. The molecule has 1 N–H and O–H groups in total. The van der Waals surface area contributed by atoms with Crippen molar-refractivity contribution in [3.05, 3.63) is 35.3 Å². The molecule has 0 aromatic carbocycles. The van der Waals surface area contributed by atoms with Crippen LogP contribution in [0.25, 0.3) is 5.65 Å². The number of nitrogens with one attached hydrogen (secondary N) is 1. The van der Waals surface area contributed by atoms with E-state index in [0.29, 0.717) is 6.04 Å². The Bertz CT molecular complexity index is 511. The first kappa shape index (κ1) is 11.7. The third-order valence-corrected chi connectivity index (χ3v) is 3.98. The Balaban J connectivity index is 1.84. The molecule has 96 valence electrons. The summed E-state index contributed by atoms with van der Waals surface area (Å²) in [6, 6.07) is 2.79. The number of nitrogens with zero attached hydrogens (tertiary/aromatic N) is 2. The SMILES string of the molecule is Cc1cc2nc(CC3CCCCN3)cn2cc1C. The molecule has 1 aliphatic rings. The molecule has 2 aromatic heterocycles. The number of fused-ring (bicyclic) bond motifs is 1. The van der Waals surface area contributed by atoms with E-state index < -0.39 is 0 Å². The van der Waals surface area contributed by atoms with E-state index in [2.05, 4.69) is 42.0 Å². The van der Waals surface area contributed by atoms with Crippen LogP contribution in [0, 0.1) is 13.8 Å². The predicted molar refractivity (Wildman–Crippen MR) is 74.0 cm³/mol. The van der Waals surface area contributed by atoms with Gasteiger partial charge in [-0.15, -0.1) is 0 Å². The molecular formula is C15H21N3. The van der Waals surface area contributed by atoms with Crippen LogP contribution < -0.4 is 5.32 Å². The quantitative estimate of drug-likeness (QED) is 0.878. The minimum atomic E-state index is 0.617. The summed E-state index contributed by atoms with van der Waals surface area (Å²) in [5.41, 5.74) is 4.92. The van der Waals surface area contributed by atoms with Crippen molar-refractivity contribution < 1.29 is 0 Å². The van der Waals surface area contributed by atoms with Crippen LogP contribution in [0.4, 0.5) is 0 Å². The molecule has 1 saturated heterocycles. The van der Waals surface area contributed by atoms with Crippen molar-refractivity contribution in [1.29, 1.82) is 0 Å². The molecule has 3 heteroatoms. The number of imidazole rings is 1. The fraction of sp³-hybridized carbons (Fsp3) is 0.533. The van der Waals surface area contributed by atoms with Gasteiger partial charge in [-0.2, -0.15) is 0 Å². The van der Waals surface area contributed by atoms with Crippen LogP contribution in [0.1, 0.15) is 36.1 Å². The molecule has 0 bridgehead atoms. The molecule has 1 atom stereocenters. The van der Waals surface area contributed by atoms with Gasteiger partial charge in [0.15, 0.2) is 0 Å². The summed E-state index contributed by atoms with van der Waals surface area (Å²) in [4.78, 5) is 4.73. The van der Waals surface area contributed by atoms with Crippen molar-refractivity contribution in [3.8, 4) is 0 Å². The monoisotopic (exact) mass is 243 g/mol. The van der Waals surface area contributed by atoms with Crippen LogP contribution in [-0.4, -0.2) is 22.0 Å². The molecule has 0 amide bonds. The summed E-state index contributed by atoms with van der Waals surface area (Å²) in [5, 5.41) is 3.59. The number of hydrogen-bond donors (Lipinski definition) is 1. The largest absolute Gasteiger partial charge is 0.314 e. The zero-order valence-electron chi connectivity index (χ0n) is 11.2. The fourth-order valence-electron chi connectivity index (χ4n) is 2.74. The molecule has 3 rings (SSSR count). The Morgan fingerprint density at radius 3 is 2.94 bits per heavy atom. The molecule has 1 fully saturated rings. The highest BCUT2D eigenvalue weighted by Crippen LogP contribution is 2.15. The summed E-state index contributed by atoms with van der Waals surface area (Å²) >= 11 is 0. The standard InChI is InChI=1S/C15H21N3/c1-11-7-15-17-14(10-18(15)9-12(11)2)8-13-5-3-4-6-16-13/h7,9-10,13,16H,3-6,8H2,1-2H3. The van der Waals surface area contributed by atoms with Gasteiger partial charge in [-0.05, 0) is 50.4 Å². The first-order valence-electron chi connectivity index (χ1n) is 6.90. The third-order valence-electron chi connectivity index (χ3n) is 3.98. The van der Waals surface area contributed by atoms with Crippen LogP contribution in [0.3, 0.4) is 0 Å². The first-order valence-corrected chi connectivity index (χ1v) is 6.90. The highest BCUT2D eigenvalue weighted by atomic mass is 15.0. The normalized spacial score (nSPS) is 20.4. The second-order valence-electron chi connectivity index (χ2n) is 5.49. The van der Waals surface area contributed by atoms with Gasteiger partial charge in [0, 0.05) is 24.9 Å². The molecule has 2 aromatic rings. The molecular weight excluding hydrogens is 222 g/mol. The lowest BCUT2D eigenvalue weighted by atomic mass is 10.0. The van der Waals surface area contributed by atoms with E-state index >= 15 is 0 Å². The van der Waals surface area contributed by atoms with Gasteiger partial charge in [0.2, 0.25) is 0 Å². The smallest absolute Gasteiger partial charge is 0.137 e. The lowest BCUT2D eigenvalue weighted by Crippen LogP contribution is -2.35. The van der Waals surface area contributed by atoms with E-state index in [4.69, 9.17) is 4.98 Å². The van der Waals surface area contributed by atoms with Crippen molar-refractivity contribution >= 4 is 5.65 Å². The first-order chi connectivity index (χ1) is 8.72. The lowest BCUT2D eigenvalue weighted by molar-refractivity contribution is 0.397. The second kappa shape index (κ2) is 4.73. The van der Waals surface area contributed by atoms with Gasteiger partial charge in [-0.3, -0.25) is 0 Å². The third kappa shape index (κ3) is 2.27. The van der Waals surface area contributed by atoms with Gasteiger partial charge < -0.3 is 9.72 Å². The van der Waals surface area contributed by atoms with Gasteiger partial charge in [-0.25, -0.2) is 4.98 Å². The summed E-state index contributed by atoms with van der Waals surface area (Å²) in [6.45, 7) is 5.46. The van der Waals surface area contributed by atoms with Crippen LogP contribution >= 0.6 is 0 Å². The van der Waals surface area contributed by atoms with Crippen molar-refractivity contribution in [1.82, 2.24) is 14.7 Å². The van der Waals surface area contributed by atoms with Gasteiger partial charge in [0.1, 0.15) is 5.65 Å².